The molecule has 3 N–H and O–H groups in total. The number of aromatic hydroxyl groups is 1. The Morgan fingerprint density at radius 2 is 1.90 bits per heavy atom. The second-order valence-electron chi connectivity index (χ2n) is 10.0. The molecule has 2 aromatic carbocycles. The molecule has 2 aliphatic heterocycles. The summed E-state index contributed by atoms with van der Waals surface area (Å²) in [5.41, 5.74) is 9.19. The lowest BCUT2D eigenvalue weighted by molar-refractivity contribution is -0.125. The number of hydrogen-bond acceptors (Lipinski definition) is 8. The Morgan fingerprint density at radius 1 is 1.18 bits per heavy atom. The van der Waals surface area contributed by atoms with Gasteiger partial charge in [0.2, 0.25) is 5.91 Å². The number of fused-ring (bicyclic) bond motifs is 2. The van der Waals surface area contributed by atoms with E-state index in [1.54, 1.807) is 11.0 Å². The van der Waals surface area contributed by atoms with Gasteiger partial charge in [-0.05, 0) is 57.7 Å². The summed E-state index contributed by atoms with van der Waals surface area (Å²) in [6, 6.07) is 12.1. The van der Waals surface area contributed by atoms with Crippen LogP contribution in [0.15, 0.2) is 49.1 Å². The van der Waals surface area contributed by atoms with Gasteiger partial charge in [-0.25, -0.2) is 0 Å². The van der Waals surface area contributed by atoms with Crippen molar-refractivity contribution < 1.29 is 14.6 Å². The van der Waals surface area contributed by atoms with Crippen molar-refractivity contribution in [2.75, 3.05) is 50.4 Å². The van der Waals surface area contributed by atoms with E-state index < -0.39 is 0 Å². The van der Waals surface area contributed by atoms with Crippen LogP contribution in [0, 0.1) is 0 Å². The Labute approximate surface area is 230 Å². The molecule has 3 heterocycles. The lowest BCUT2D eigenvalue weighted by Crippen LogP contribution is -2.36. The number of anilines is 2. The first-order valence-corrected chi connectivity index (χ1v) is 13.7. The molecule has 1 fully saturated rings. The number of carbonyl (C=O) groups excluding carboxylic acids is 1. The molecule has 5 rings (SSSR count). The monoisotopic (exact) mass is 532 g/mol. The van der Waals surface area contributed by atoms with Gasteiger partial charge in [0.25, 0.3) is 0 Å². The lowest BCUT2D eigenvalue weighted by atomic mass is 10.0. The van der Waals surface area contributed by atoms with Gasteiger partial charge in [0.05, 0.1) is 12.2 Å². The van der Waals surface area contributed by atoms with E-state index in [2.05, 4.69) is 34.5 Å². The topological polar surface area (TPSA) is 108 Å². The number of rotatable bonds is 6. The molecule has 1 amide bonds. The third-order valence-electron chi connectivity index (χ3n) is 7.43. The second kappa shape index (κ2) is 12.8. The normalized spacial score (nSPS) is 15.7. The molecule has 0 radical (unpaired) electrons. The van der Waals surface area contributed by atoms with Gasteiger partial charge in [-0.15, -0.1) is 0 Å². The number of carbonyl (C=O) groups is 1. The summed E-state index contributed by atoms with van der Waals surface area (Å²) in [6.45, 7) is 12.3. The average Bonchev–Trinajstić information content (AvgIpc) is 2.94. The predicted octanol–water partition coefficient (Wildman–Crippen LogP) is 3.99. The van der Waals surface area contributed by atoms with E-state index in [0.29, 0.717) is 18.4 Å². The van der Waals surface area contributed by atoms with Gasteiger partial charge in [-0.1, -0.05) is 30.8 Å². The van der Waals surface area contributed by atoms with Crippen molar-refractivity contribution >= 4 is 28.2 Å². The number of ether oxygens (including phenoxy) is 1. The minimum atomic E-state index is 0.0139. The summed E-state index contributed by atoms with van der Waals surface area (Å²) in [5, 5.41) is 12.4. The molecule has 9 heteroatoms. The first kappa shape index (κ1) is 28.2. The van der Waals surface area contributed by atoms with E-state index in [0.717, 1.165) is 79.7 Å². The van der Waals surface area contributed by atoms with E-state index in [4.69, 9.17) is 15.5 Å². The Kier molecular flexibility index (Phi) is 9.24. The maximum Gasteiger partial charge on any atom is 0.318 e. The first-order valence-electron chi connectivity index (χ1n) is 13.7. The van der Waals surface area contributed by atoms with Crippen LogP contribution in [0.3, 0.4) is 0 Å². The summed E-state index contributed by atoms with van der Waals surface area (Å²) in [4.78, 5) is 26.2. The number of phenols is 1. The van der Waals surface area contributed by atoms with E-state index in [9.17, 15) is 9.90 Å². The highest BCUT2D eigenvalue weighted by Crippen LogP contribution is 2.35. The van der Waals surface area contributed by atoms with Crippen molar-refractivity contribution in [2.45, 2.75) is 45.8 Å². The third kappa shape index (κ3) is 6.78. The maximum atomic E-state index is 10.8. The van der Waals surface area contributed by atoms with Crippen molar-refractivity contribution in [1.29, 1.82) is 0 Å². The molecule has 9 nitrogen and oxygen atoms in total. The standard InChI is InChI=1S/C23H27N5O2.C7H13NO/c1-27-9-6-17(7-10-27)30-23-25-20-14-28(11-8-19(20)22(24)26-23)21-13-16(29)12-15-4-2-3-5-18(15)21;1-4-7(9)8(5-2)6-3/h2-5,12-13,17,29H,6-11,14H2,1H3,(H2,24,25,26);4H,1,5-6H2,2-3H3. The quantitative estimate of drug-likeness (QED) is 0.459. The minimum absolute atomic E-state index is 0.0139. The molecule has 0 aliphatic carbocycles. The molecular weight excluding hydrogens is 492 g/mol. The van der Waals surface area contributed by atoms with Gasteiger partial charge < -0.3 is 30.3 Å². The highest BCUT2D eigenvalue weighted by atomic mass is 16.5. The lowest BCUT2D eigenvalue weighted by Gasteiger charge is -2.32. The van der Waals surface area contributed by atoms with Crippen molar-refractivity contribution in [2.24, 2.45) is 0 Å². The number of piperidine rings is 1. The smallest absolute Gasteiger partial charge is 0.318 e. The van der Waals surface area contributed by atoms with Gasteiger partial charge in [0.15, 0.2) is 0 Å². The molecule has 1 aromatic heterocycles. The van der Waals surface area contributed by atoms with Gasteiger partial charge in [-0.2, -0.15) is 9.97 Å². The zero-order chi connectivity index (χ0) is 27.9. The number of nitrogen functional groups attached to an aromatic ring is 1. The minimum Gasteiger partial charge on any atom is -0.508 e. The fraction of sp³-hybridized carbons (Fsp3) is 0.433. The van der Waals surface area contributed by atoms with Crippen LogP contribution >= 0.6 is 0 Å². The number of hydrogen-bond donors (Lipinski definition) is 2. The number of aromatic nitrogens is 2. The Morgan fingerprint density at radius 3 is 2.56 bits per heavy atom. The van der Waals surface area contributed by atoms with Crippen LogP contribution in [0.1, 0.15) is 37.9 Å². The molecule has 39 heavy (non-hydrogen) atoms. The van der Waals surface area contributed by atoms with E-state index in [-0.39, 0.29) is 17.8 Å². The van der Waals surface area contributed by atoms with Crippen LogP contribution in [-0.2, 0) is 17.8 Å². The molecule has 208 valence electrons. The van der Waals surface area contributed by atoms with Crippen LogP contribution in [0.2, 0.25) is 0 Å². The highest BCUT2D eigenvalue weighted by molar-refractivity contribution is 5.95. The molecule has 0 bridgehead atoms. The summed E-state index contributed by atoms with van der Waals surface area (Å²) >= 11 is 0. The van der Waals surface area contributed by atoms with Gasteiger partial charge in [-0.3, -0.25) is 4.79 Å². The Hall–Kier alpha value is -3.85. The number of amides is 1. The van der Waals surface area contributed by atoms with Gasteiger partial charge in [0, 0.05) is 55.4 Å². The number of likely N-dealkylation sites (N-methyl/N-ethyl adjacent to an activating group) is 1. The summed E-state index contributed by atoms with van der Waals surface area (Å²) in [7, 11) is 2.13. The zero-order valence-corrected chi connectivity index (χ0v) is 23.3. The average molecular weight is 533 g/mol. The number of nitrogens with zero attached hydrogens (tertiary/aromatic N) is 5. The number of likely N-dealkylation sites (tertiary alicyclic amines) is 1. The van der Waals surface area contributed by atoms with Crippen molar-refractivity contribution in [1.82, 2.24) is 19.8 Å². The van der Waals surface area contributed by atoms with E-state index in [1.807, 2.05) is 38.1 Å². The molecule has 0 unspecified atom stereocenters. The third-order valence-corrected chi connectivity index (χ3v) is 7.43. The van der Waals surface area contributed by atoms with E-state index >= 15 is 0 Å². The van der Waals surface area contributed by atoms with Crippen LogP contribution in [0.4, 0.5) is 11.5 Å². The number of nitrogens with two attached hydrogens (primary N) is 1. The molecule has 0 saturated carbocycles. The van der Waals surface area contributed by atoms with E-state index in [1.165, 1.54) is 6.08 Å². The van der Waals surface area contributed by atoms with Crippen molar-refractivity contribution in [3.05, 3.63) is 60.3 Å². The first-order chi connectivity index (χ1) is 18.8. The summed E-state index contributed by atoms with van der Waals surface area (Å²) in [6.07, 6.45) is 4.18. The highest BCUT2D eigenvalue weighted by Gasteiger charge is 2.25. The fourth-order valence-electron chi connectivity index (χ4n) is 5.15. The molecular formula is C30H40N6O3. The van der Waals surface area contributed by atoms with Gasteiger partial charge in [0.1, 0.15) is 17.7 Å². The van der Waals surface area contributed by atoms with Gasteiger partial charge >= 0.3 is 6.01 Å². The number of benzene rings is 2. The summed E-state index contributed by atoms with van der Waals surface area (Å²) < 4.78 is 6.09. The SMILES string of the molecule is C=CC(=O)N(CC)CC.CN1CCC(Oc2nc(N)c3c(n2)CN(c2cc(O)cc4ccccc24)CC3)CC1. The predicted molar refractivity (Wildman–Crippen MR) is 156 cm³/mol. The fourth-order valence-corrected chi connectivity index (χ4v) is 5.15. The zero-order valence-electron chi connectivity index (χ0n) is 23.3. The summed E-state index contributed by atoms with van der Waals surface area (Å²) in [5.74, 6) is 0.798. The Bertz CT molecular complexity index is 1300. The number of phenolic OH excluding ortho intramolecular Hbond substituents is 1. The second-order valence-corrected chi connectivity index (χ2v) is 10.0. The van der Waals surface area contributed by atoms with Crippen LogP contribution in [0.25, 0.3) is 10.8 Å². The van der Waals surface area contributed by atoms with Crippen LogP contribution < -0.4 is 15.4 Å². The van der Waals surface area contributed by atoms with Crippen LogP contribution in [0.5, 0.6) is 11.8 Å². The molecule has 2 aliphatic rings. The molecule has 1 saturated heterocycles. The van der Waals surface area contributed by atoms with Crippen molar-refractivity contribution in [3.63, 3.8) is 0 Å². The molecule has 3 aromatic rings. The largest absolute Gasteiger partial charge is 0.508 e. The maximum absolute atomic E-state index is 10.8. The molecule has 0 spiro atoms. The van der Waals surface area contributed by atoms with Crippen LogP contribution in [-0.4, -0.2) is 76.7 Å². The van der Waals surface area contributed by atoms with Crippen molar-refractivity contribution in [3.8, 4) is 11.8 Å². The molecule has 0 atom stereocenters. The Balaban J connectivity index is 0.000000340.